The normalized spacial score (nSPS) is 34.6. The minimum atomic E-state index is 0.295. The van der Waals surface area contributed by atoms with Gasteiger partial charge >= 0.3 is 0 Å². The zero-order chi connectivity index (χ0) is 17.3. The van der Waals surface area contributed by atoms with Crippen LogP contribution in [-0.4, -0.2) is 40.9 Å². The highest BCUT2D eigenvalue weighted by atomic mass is 16.5. The topological polar surface area (TPSA) is 37.6 Å². The number of hydrogen-bond donors (Lipinski definition) is 1. The molecular weight excluding hydrogens is 312 g/mol. The molecule has 1 N–H and O–H groups in total. The maximum Gasteiger partial charge on any atom is 0.120 e. The number of rotatable bonds is 2. The summed E-state index contributed by atoms with van der Waals surface area (Å²) < 4.78 is 7.83. The summed E-state index contributed by atoms with van der Waals surface area (Å²) in [7, 11) is 3.93. The molecule has 1 aromatic heterocycles. The fourth-order valence-electron chi connectivity index (χ4n) is 5.86. The zero-order valence-electron chi connectivity index (χ0n) is 15.2. The van der Waals surface area contributed by atoms with E-state index in [1.807, 2.05) is 0 Å². The molecule has 5 heterocycles. The van der Waals surface area contributed by atoms with Crippen LogP contribution in [0.2, 0.25) is 0 Å². The molecule has 1 aromatic carbocycles. The first-order valence-corrected chi connectivity index (χ1v) is 9.34. The molecule has 4 aliphatic rings. The number of aromatic nitrogens is 1. The third kappa shape index (κ3) is 1.90. The number of methoxy groups -OCH3 is 1. The van der Waals surface area contributed by atoms with E-state index < -0.39 is 0 Å². The molecule has 0 radical (unpaired) electrons. The summed E-state index contributed by atoms with van der Waals surface area (Å²) in [6, 6.07) is 7.39. The Morgan fingerprint density at radius 2 is 2.20 bits per heavy atom. The predicted octanol–water partition coefficient (Wildman–Crippen LogP) is 3.04. The molecule has 0 saturated carbocycles. The highest BCUT2D eigenvalue weighted by molar-refractivity contribution is 5.87. The molecule has 0 aliphatic carbocycles. The smallest absolute Gasteiger partial charge is 0.120 e. The van der Waals surface area contributed by atoms with Crippen molar-refractivity contribution < 1.29 is 9.84 Å². The van der Waals surface area contributed by atoms with Crippen LogP contribution in [0.25, 0.3) is 10.9 Å². The van der Waals surface area contributed by atoms with Crippen molar-refractivity contribution in [3.8, 4) is 5.75 Å². The van der Waals surface area contributed by atoms with Crippen LogP contribution >= 0.6 is 0 Å². The summed E-state index contributed by atoms with van der Waals surface area (Å²) >= 11 is 0. The first-order chi connectivity index (χ1) is 12.2. The lowest BCUT2D eigenvalue weighted by atomic mass is 9.64. The molecule has 4 nitrogen and oxygen atoms in total. The van der Waals surface area contributed by atoms with E-state index in [1.165, 1.54) is 27.7 Å². The van der Waals surface area contributed by atoms with E-state index in [4.69, 9.17) is 4.74 Å². The van der Waals surface area contributed by atoms with E-state index in [-0.39, 0.29) is 0 Å². The van der Waals surface area contributed by atoms with Gasteiger partial charge in [-0.05, 0) is 43.4 Å². The summed E-state index contributed by atoms with van der Waals surface area (Å²) in [5, 5.41) is 11.5. The maximum absolute atomic E-state index is 10.1. The van der Waals surface area contributed by atoms with Crippen molar-refractivity contribution in [2.45, 2.75) is 31.8 Å². The van der Waals surface area contributed by atoms with Crippen LogP contribution < -0.4 is 4.74 Å². The molecule has 0 spiro atoms. The lowest BCUT2D eigenvalue weighted by molar-refractivity contribution is -0.0513. The van der Waals surface area contributed by atoms with Crippen molar-refractivity contribution in [1.29, 1.82) is 0 Å². The Kier molecular flexibility index (Phi) is 3.32. The minimum absolute atomic E-state index is 0.295. The van der Waals surface area contributed by atoms with Crippen LogP contribution in [0.1, 0.15) is 30.6 Å². The highest BCUT2D eigenvalue weighted by Gasteiger charge is 2.52. The van der Waals surface area contributed by atoms with Crippen molar-refractivity contribution >= 4 is 10.9 Å². The standard InChI is InChI=1S/C21H26N2O2/c1-4-12-10-23-19-9-16-14-6-5-13(25-3)7-18(14)22(2)21(16)20(23)8-15(12)17(19)11-24/h4-7,15,17,19-20,24H,8-11H2,1-3H3/b12-4-/t15-,17+,19-,20-/m0/s1. The monoisotopic (exact) mass is 338 g/mol. The SMILES string of the molecule is C/C=C1/CN2[C@H]3C[C@@H]1[C@@H](CO)[C@@H]2Cc1c3n(C)c2cc(OC)ccc12. The van der Waals surface area contributed by atoms with Crippen LogP contribution in [0.5, 0.6) is 5.75 Å². The zero-order valence-corrected chi connectivity index (χ0v) is 15.2. The summed E-state index contributed by atoms with van der Waals surface area (Å²) in [5.41, 5.74) is 5.76. The number of aliphatic hydroxyl groups is 1. The second-order valence-corrected chi connectivity index (χ2v) is 7.82. The molecule has 1 unspecified atom stereocenters. The van der Waals surface area contributed by atoms with E-state index in [0.717, 1.165) is 25.1 Å². The van der Waals surface area contributed by atoms with Gasteiger partial charge in [-0.2, -0.15) is 0 Å². The first-order valence-electron chi connectivity index (χ1n) is 9.34. The average Bonchev–Trinajstić information content (AvgIpc) is 2.93. The van der Waals surface area contributed by atoms with Crippen molar-refractivity contribution in [1.82, 2.24) is 9.47 Å². The van der Waals surface area contributed by atoms with Crippen LogP contribution in [0.3, 0.4) is 0 Å². The van der Waals surface area contributed by atoms with E-state index in [1.54, 1.807) is 7.11 Å². The summed E-state index contributed by atoms with van der Waals surface area (Å²) in [5.74, 6) is 1.83. The third-order valence-corrected chi connectivity index (χ3v) is 7.03. The second-order valence-electron chi connectivity index (χ2n) is 7.82. The number of aliphatic hydroxyl groups excluding tert-OH is 1. The molecule has 0 amide bonds. The summed E-state index contributed by atoms with van der Waals surface area (Å²) in [4.78, 5) is 2.66. The molecule has 4 heteroatoms. The molecule has 2 aromatic rings. The van der Waals surface area contributed by atoms with Crippen molar-refractivity contribution in [3.63, 3.8) is 0 Å². The van der Waals surface area contributed by atoms with Crippen LogP contribution in [0.15, 0.2) is 29.8 Å². The Balaban J connectivity index is 1.70. The fourth-order valence-corrected chi connectivity index (χ4v) is 5.86. The minimum Gasteiger partial charge on any atom is -0.497 e. The van der Waals surface area contributed by atoms with Crippen molar-refractivity contribution in [3.05, 3.63) is 41.1 Å². The van der Waals surface area contributed by atoms with Gasteiger partial charge in [-0.25, -0.2) is 0 Å². The van der Waals surface area contributed by atoms with Crippen LogP contribution in [-0.2, 0) is 13.5 Å². The lowest BCUT2D eigenvalue weighted by Gasteiger charge is -2.58. The number of hydrogen-bond acceptors (Lipinski definition) is 3. The van der Waals surface area contributed by atoms with Gasteiger partial charge in [0.1, 0.15) is 5.75 Å². The third-order valence-electron chi connectivity index (χ3n) is 7.03. The van der Waals surface area contributed by atoms with E-state index in [2.05, 4.69) is 47.7 Å². The van der Waals surface area contributed by atoms with Gasteiger partial charge in [-0.15, -0.1) is 0 Å². The van der Waals surface area contributed by atoms with E-state index >= 15 is 0 Å². The van der Waals surface area contributed by atoms with Crippen molar-refractivity contribution in [2.75, 3.05) is 20.3 Å². The molecule has 6 rings (SSSR count). The number of aryl methyl sites for hydroxylation is 1. The van der Waals surface area contributed by atoms with Gasteiger partial charge in [0, 0.05) is 49.3 Å². The van der Waals surface area contributed by atoms with Gasteiger partial charge in [-0.1, -0.05) is 11.6 Å². The molecule has 25 heavy (non-hydrogen) atoms. The first kappa shape index (κ1) is 15.5. The Labute approximate surface area is 148 Å². The van der Waals surface area contributed by atoms with E-state index in [0.29, 0.717) is 30.5 Å². The highest BCUT2D eigenvalue weighted by Crippen LogP contribution is 2.54. The predicted molar refractivity (Wildman–Crippen MR) is 98.8 cm³/mol. The lowest BCUT2D eigenvalue weighted by Crippen LogP contribution is -2.61. The summed E-state index contributed by atoms with van der Waals surface area (Å²) in [6.45, 7) is 3.51. The molecule has 3 saturated heterocycles. The number of allylic oxidation sites excluding steroid dienone is 1. The fraction of sp³-hybridized carbons (Fsp3) is 0.524. The molecule has 4 aliphatic heterocycles. The molecule has 4 bridgehead atoms. The molecular formula is C21H26N2O2. The molecule has 132 valence electrons. The number of nitrogens with zero attached hydrogens (tertiary/aromatic N) is 2. The molecule has 5 atom stereocenters. The Morgan fingerprint density at radius 3 is 2.92 bits per heavy atom. The Morgan fingerprint density at radius 1 is 1.36 bits per heavy atom. The number of fused-ring (bicyclic) bond motifs is 4. The average molecular weight is 338 g/mol. The van der Waals surface area contributed by atoms with Gasteiger partial charge in [0.15, 0.2) is 0 Å². The number of ether oxygens (including phenoxy) is 1. The van der Waals surface area contributed by atoms with Crippen LogP contribution in [0, 0.1) is 11.8 Å². The van der Waals surface area contributed by atoms with Gasteiger partial charge in [-0.3, -0.25) is 4.90 Å². The Bertz CT molecular complexity index is 882. The largest absolute Gasteiger partial charge is 0.497 e. The second kappa shape index (κ2) is 5.36. The van der Waals surface area contributed by atoms with Gasteiger partial charge in [0.05, 0.1) is 18.7 Å². The number of benzene rings is 1. The number of piperidine rings is 3. The molecule has 3 fully saturated rings. The van der Waals surface area contributed by atoms with E-state index in [9.17, 15) is 5.11 Å². The maximum atomic E-state index is 10.1. The van der Waals surface area contributed by atoms with Gasteiger partial charge in [0.25, 0.3) is 0 Å². The van der Waals surface area contributed by atoms with Crippen molar-refractivity contribution in [2.24, 2.45) is 18.9 Å². The van der Waals surface area contributed by atoms with Gasteiger partial charge < -0.3 is 14.4 Å². The van der Waals surface area contributed by atoms with Gasteiger partial charge in [0.2, 0.25) is 0 Å². The quantitative estimate of drug-likeness (QED) is 0.855. The summed E-state index contributed by atoms with van der Waals surface area (Å²) in [6.07, 6.45) is 4.46. The van der Waals surface area contributed by atoms with Crippen LogP contribution in [0.4, 0.5) is 0 Å². The Hall–Kier alpha value is -1.78.